The van der Waals surface area contributed by atoms with Crippen molar-refractivity contribution in [2.24, 2.45) is 0 Å². The Balaban J connectivity index is 1.36. The molecule has 8 nitrogen and oxygen atoms in total. The van der Waals surface area contributed by atoms with E-state index in [9.17, 15) is 18.0 Å². The van der Waals surface area contributed by atoms with Crippen molar-refractivity contribution in [3.8, 4) is 11.5 Å². The Hall–Kier alpha value is -3.50. The maximum absolute atomic E-state index is 12.9. The van der Waals surface area contributed by atoms with Gasteiger partial charge in [0, 0.05) is 25.4 Å². The molecule has 1 aliphatic rings. The third-order valence-corrected chi connectivity index (χ3v) is 4.79. The lowest BCUT2D eigenvalue weighted by atomic mass is 10.1. The zero-order chi connectivity index (χ0) is 22.0. The molecule has 162 valence electrons. The quantitative estimate of drug-likeness (QED) is 0.591. The fraction of sp³-hybridized carbons (Fsp3) is 0.350. The normalized spacial score (nSPS) is 15.5. The number of nitrogens with one attached hydrogen (secondary N) is 1. The van der Waals surface area contributed by atoms with Gasteiger partial charge in [-0.2, -0.15) is 13.2 Å². The van der Waals surface area contributed by atoms with Gasteiger partial charge in [0.25, 0.3) is 5.89 Å². The van der Waals surface area contributed by atoms with E-state index in [1.165, 1.54) is 31.5 Å². The Morgan fingerprint density at radius 2 is 1.94 bits per heavy atom. The van der Waals surface area contributed by atoms with E-state index in [2.05, 4.69) is 25.5 Å². The van der Waals surface area contributed by atoms with Crippen LogP contribution in [-0.4, -0.2) is 38.8 Å². The fourth-order valence-electron chi connectivity index (χ4n) is 3.35. The maximum Gasteiger partial charge on any atom is 0.416 e. The van der Waals surface area contributed by atoms with Gasteiger partial charge in [-0.25, -0.2) is 9.97 Å². The summed E-state index contributed by atoms with van der Waals surface area (Å²) in [5.74, 6) is 0.521. The number of fused-ring (bicyclic) bond motifs is 1. The van der Waals surface area contributed by atoms with E-state index >= 15 is 0 Å². The number of esters is 1. The lowest BCUT2D eigenvalue weighted by Gasteiger charge is -2.11. The van der Waals surface area contributed by atoms with Gasteiger partial charge < -0.3 is 14.5 Å². The third kappa shape index (κ3) is 4.98. The van der Waals surface area contributed by atoms with Gasteiger partial charge in [0.1, 0.15) is 6.61 Å². The Bertz CT molecular complexity index is 1080. The van der Waals surface area contributed by atoms with Crippen molar-refractivity contribution in [1.29, 1.82) is 0 Å². The third-order valence-electron chi connectivity index (χ3n) is 4.79. The zero-order valence-corrected chi connectivity index (χ0v) is 16.4. The molecule has 1 aliphatic carbocycles. The highest BCUT2D eigenvalue weighted by Gasteiger charge is 2.32. The highest BCUT2D eigenvalue weighted by Crippen LogP contribution is 2.33. The molecule has 0 aliphatic heterocycles. The fourth-order valence-corrected chi connectivity index (χ4v) is 3.35. The van der Waals surface area contributed by atoms with Crippen molar-refractivity contribution >= 4 is 11.9 Å². The smallest absolute Gasteiger partial charge is 0.416 e. The minimum atomic E-state index is -4.35. The summed E-state index contributed by atoms with van der Waals surface area (Å²) in [6.45, 7) is 1.46. The van der Waals surface area contributed by atoms with E-state index in [0.29, 0.717) is 42.2 Å². The Labute approximate surface area is 174 Å². The molecule has 0 spiro atoms. The molecule has 0 saturated heterocycles. The van der Waals surface area contributed by atoms with Crippen molar-refractivity contribution in [3.05, 3.63) is 53.2 Å². The number of carbonyl (C=O) groups excluding carboxylic acids is 1. The molecular weight excluding hydrogens is 415 g/mol. The van der Waals surface area contributed by atoms with Crippen LogP contribution in [0.5, 0.6) is 0 Å². The van der Waals surface area contributed by atoms with Crippen LogP contribution in [0, 0.1) is 0 Å². The number of alkyl halides is 3. The van der Waals surface area contributed by atoms with Crippen LogP contribution < -0.4 is 5.32 Å². The molecule has 31 heavy (non-hydrogen) atoms. The van der Waals surface area contributed by atoms with E-state index in [1.54, 1.807) is 0 Å². The summed E-state index contributed by atoms with van der Waals surface area (Å²) in [6, 6.07) is 3.74. The number of hydrogen-bond donors (Lipinski definition) is 1. The molecule has 0 bridgehead atoms. The van der Waals surface area contributed by atoms with Gasteiger partial charge in [-0.3, -0.25) is 4.79 Å². The minimum Gasteiger partial charge on any atom is -0.465 e. The molecule has 0 radical (unpaired) electrons. The lowest BCUT2D eigenvalue weighted by molar-refractivity contribution is -0.141. The SMILES string of the molecule is CC(=O)OCCc1nnc(-c2cnc(NC3Cc4ccc(C(F)(F)F)cc4C3)nc2)o1. The number of anilines is 1. The molecule has 1 aromatic carbocycles. The zero-order valence-electron chi connectivity index (χ0n) is 16.4. The summed E-state index contributed by atoms with van der Waals surface area (Å²) in [7, 11) is 0. The molecule has 0 amide bonds. The average Bonchev–Trinajstić information content (AvgIpc) is 3.33. The molecule has 11 heteroatoms. The summed E-state index contributed by atoms with van der Waals surface area (Å²) in [5.41, 5.74) is 1.44. The van der Waals surface area contributed by atoms with Crippen LogP contribution in [0.25, 0.3) is 11.5 Å². The van der Waals surface area contributed by atoms with Gasteiger partial charge in [0.15, 0.2) is 0 Å². The highest BCUT2D eigenvalue weighted by molar-refractivity contribution is 5.65. The number of rotatable bonds is 6. The molecule has 1 unspecified atom stereocenters. The molecule has 1 N–H and O–H groups in total. The number of carbonyl (C=O) groups is 1. The standard InChI is InChI=1S/C20H18F3N5O3/c1-11(29)30-5-4-17-27-28-18(31-17)14-9-24-19(25-10-14)26-16-7-12-2-3-15(20(21,22)23)6-13(12)8-16/h2-3,6,9-10,16H,4-5,7-8H2,1H3,(H,24,25,26). The first-order valence-electron chi connectivity index (χ1n) is 9.51. The first-order chi connectivity index (χ1) is 14.8. The van der Waals surface area contributed by atoms with Gasteiger partial charge in [-0.1, -0.05) is 6.07 Å². The predicted molar refractivity (Wildman–Crippen MR) is 102 cm³/mol. The van der Waals surface area contributed by atoms with Crippen LogP contribution in [0.2, 0.25) is 0 Å². The van der Waals surface area contributed by atoms with Crippen LogP contribution in [0.1, 0.15) is 29.5 Å². The minimum absolute atomic E-state index is 0.0967. The molecular formula is C20H18F3N5O3. The first-order valence-corrected chi connectivity index (χ1v) is 9.51. The molecule has 4 rings (SSSR count). The van der Waals surface area contributed by atoms with Crippen molar-refractivity contribution in [3.63, 3.8) is 0 Å². The number of ether oxygens (including phenoxy) is 1. The summed E-state index contributed by atoms with van der Waals surface area (Å²) >= 11 is 0. The van der Waals surface area contributed by atoms with Gasteiger partial charge in [-0.05, 0) is 36.1 Å². The number of halogens is 3. The molecule has 3 aromatic rings. The largest absolute Gasteiger partial charge is 0.465 e. The Morgan fingerprint density at radius 3 is 2.65 bits per heavy atom. The van der Waals surface area contributed by atoms with Gasteiger partial charge >= 0.3 is 12.1 Å². The average molecular weight is 433 g/mol. The molecule has 2 aromatic heterocycles. The van der Waals surface area contributed by atoms with Gasteiger partial charge in [0.05, 0.1) is 17.5 Å². The van der Waals surface area contributed by atoms with Gasteiger partial charge in [0.2, 0.25) is 11.8 Å². The summed E-state index contributed by atoms with van der Waals surface area (Å²) in [5, 5.41) is 11.0. The van der Waals surface area contributed by atoms with Crippen LogP contribution in [0.4, 0.5) is 19.1 Å². The Kier molecular flexibility index (Phi) is 5.57. The maximum atomic E-state index is 12.9. The molecule has 2 heterocycles. The van der Waals surface area contributed by atoms with Crippen molar-refractivity contribution < 1.29 is 27.1 Å². The Morgan fingerprint density at radius 1 is 1.19 bits per heavy atom. The van der Waals surface area contributed by atoms with Crippen molar-refractivity contribution in [2.45, 2.75) is 38.4 Å². The lowest BCUT2D eigenvalue weighted by Crippen LogP contribution is -2.21. The summed E-state index contributed by atoms with van der Waals surface area (Å²) in [6.07, 6.45) is 0.0265. The molecule has 0 fully saturated rings. The summed E-state index contributed by atoms with van der Waals surface area (Å²) < 4.78 is 49.0. The van der Waals surface area contributed by atoms with E-state index in [0.717, 1.165) is 11.6 Å². The number of nitrogens with zero attached hydrogens (tertiary/aromatic N) is 4. The second-order valence-corrected chi connectivity index (χ2v) is 7.12. The van der Waals surface area contributed by atoms with E-state index in [1.807, 2.05) is 0 Å². The van der Waals surface area contributed by atoms with Crippen LogP contribution in [-0.2, 0) is 35.0 Å². The monoisotopic (exact) mass is 433 g/mol. The topological polar surface area (TPSA) is 103 Å². The van der Waals surface area contributed by atoms with E-state index in [4.69, 9.17) is 9.15 Å². The highest BCUT2D eigenvalue weighted by atomic mass is 19.4. The summed E-state index contributed by atoms with van der Waals surface area (Å²) in [4.78, 5) is 19.2. The number of hydrogen-bond acceptors (Lipinski definition) is 8. The van der Waals surface area contributed by atoms with Crippen LogP contribution >= 0.6 is 0 Å². The number of benzene rings is 1. The van der Waals surface area contributed by atoms with Gasteiger partial charge in [-0.15, -0.1) is 10.2 Å². The first kappa shape index (κ1) is 20.8. The molecule has 1 atom stereocenters. The molecule has 0 saturated carbocycles. The van der Waals surface area contributed by atoms with Crippen molar-refractivity contribution in [1.82, 2.24) is 20.2 Å². The second kappa shape index (κ2) is 8.32. The van der Waals surface area contributed by atoms with E-state index in [-0.39, 0.29) is 24.5 Å². The van der Waals surface area contributed by atoms with Crippen LogP contribution in [0.3, 0.4) is 0 Å². The number of aromatic nitrogens is 4. The van der Waals surface area contributed by atoms with Crippen molar-refractivity contribution in [2.75, 3.05) is 11.9 Å². The second-order valence-electron chi connectivity index (χ2n) is 7.12. The van der Waals surface area contributed by atoms with E-state index < -0.39 is 11.7 Å². The predicted octanol–water partition coefficient (Wildman–Crippen LogP) is 3.23. The van der Waals surface area contributed by atoms with Crippen LogP contribution in [0.15, 0.2) is 35.0 Å².